The van der Waals surface area contributed by atoms with Crippen molar-refractivity contribution >= 4 is 5.97 Å². The molecule has 1 saturated carbocycles. The van der Waals surface area contributed by atoms with E-state index in [1.54, 1.807) is 0 Å². The molecule has 3 heteroatoms. The summed E-state index contributed by atoms with van der Waals surface area (Å²) in [5, 5.41) is 0. The van der Waals surface area contributed by atoms with Crippen LogP contribution in [-0.2, 0) is 9.53 Å². The van der Waals surface area contributed by atoms with Gasteiger partial charge in [-0.25, -0.2) is 0 Å². The van der Waals surface area contributed by atoms with Gasteiger partial charge in [0.1, 0.15) is 11.9 Å². The first-order chi connectivity index (χ1) is 12.2. The first kappa shape index (κ1) is 19.8. The Morgan fingerprint density at radius 2 is 1.88 bits per heavy atom. The summed E-state index contributed by atoms with van der Waals surface area (Å²) in [5.74, 6) is 1.21. The van der Waals surface area contributed by atoms with Crippen molar-refractivity contribution in [2.75, 3.05) is 6.61 Å². The summed E-state index contributed by atoms with van der Waals surface area (Å²) < 4.78 is 11.7. The topological polar surface area (TPSA) is 35.5 Å². The maximum atomic E-state index is 12.2. The third-order valence-electron chi connectivity index (χ3n) is 5.02. The van der Waals surface area contributed by atoms with Crippen molar-refractivity contribution in [3.63, 3.8) is 0 Å². The maximum Gasteiger partial charge on any atom is 0.306 e. The van der Waals surface area contributed by atoms with Crippen molar-refractivity contribution in [2.45, 2.75) is 90.1 Å². The smallest absolute Gasteiger partial charge is 0.306 e. The van der Waals surface area contributed by atoms with Crippen LogP contribution in [0.25, 0.3) is 0 Å². The van der Waals surface area contributed by atoms with Gasteiger partial charge in [0, 0.05) is 12.3 Å². The van der Waals surface area contributed by atoms with Gasteiger partial charge in [-0.2, -0.15) is 0 Å². The largest absolute Gasteiger partial charge is 0.494 e. The number of ether oxygens (including phenoxy) is 2. The minimum atomic E-state index is -0.0271. The lowest BCUT2D eigenvalue weighted by Crippen LogP contribution is -2.28. The van der Waals surface area contributed by atoms with Gasteiger partial charge in [-0.3, -0.25) is 4.79 Å². The van der Waals surface area contributed by atoms with Gasteiger partial charge in [-0.15, -0.1) is 0 Å². The monoisotopic (exact) mass is 346 g/mol. The molecule has 0 aliphatic heterocycles. The first-order valence-electron chi connectivity index (χ1n) is 10.2. The number of hydrogen-bond acceptors (Lipinski definition) is 3. The second-order valence-electron chi connectivity index (χ2n) is 7.15. The lowest BCUT2D eigenvalue weighted by atomic mass is 9.81. The predicted octanol–water partition coefficient (Wildman–Crippen LogP) is 6.02. The minimum Gasteiger partial charge on any atom is -0.494 e. The van der Waals surface area contributed by atoms with Crippen molar-refractivity contribution in [2.24, 2.45) is 0 Å². The molecule has 25 heavy (non-hydrogen) atoms. The normalized spacial score (nSPS) is 20.2. The number of hydrogen-bond donors (Lipinski definition) is 0. The second kappa shape index (κ2) is 11.2. The maximum absolute atomic E-state index is 12.2. The molecule has 0 saturated heterocycles. The molecule has 0 bridgehead atoms. The molecular weight excluding hydrogens is 312 g/mol. The molecule has 3 nitrogen and oxygen atoms in total. The molecule has 1 aliphatic carbocycles. The fourth-order valence-corrected chi connectivity index (χ4v) is 3.54. The molecule has 1 aromatic carbocycles. The Hall–Kier alpha value is -1.51. The van der Waals surface area contributed by atoms with Gasteiger partial charge in [0.05, 0.1) is 6.61 Å². The Kier molecular flexibility index (Phi) is 8.85. The van der Waals surface area contributed by atoms with Crippen LogP contribution in [0.4, 0.5) is 0 Å². The third kappa shape index (κ3) is 6.72. The van der Waals surface area contributed by atoms with Crippen molar-refractivity contribution in [1.29, 1.82) is 0 Å². The Morgan fingerprint density at radius 1 is 1.08 bits per heavy atom. The highest BCUT2D eigenvalue weighted by molar-refractivity contribution is 5.69. The molecule has 0 unspecified atom stereocenters. The van der Waals surface area contributed by atoms with E-state index in [9.17, 15) is 4.79 Å². The van der Waals surface area contributed by atoms with Crippen molar-refractivity contribution in [3.8, 4) is 5.75 Å². The van der Waals surface area contributed by atoms with Crippen molar-refractivity contribution in [1.82, 2.24) is 0 Å². The number of carbonyl (C=O) groups is 1. The zero-order chi connectivity index (χ0) is 17.9. The summed E-state index contributed by atoms with van der Waals surface area (Å²) in [6, 6.07) is 8.38. The highest BCUT2D eigenvalue weighted by atomic mass is 16.5. The van der Waals surface area contributed by atoms with E-state index in [0.717, 1.165) is 63.7 Å². The van der Waals surface area contributed by atoms with Crippen LogP contribution in [0.1, 0.15) is 89.5 Å². The molecule has 2 atom stereocenters. The van der Waals surface area contributed by atoms with E-state index < -0.39 is 0 Å². The van der Waals surface area contributed by atoms with Gasteiger partial charge in [0.2, 0.25) is 0 Å². The van der Waals surface area contributed by atoms with Gasteiger partial charge >= 0.3 is 5.97 Å². The van der Waals surface area contributed by atoms with Crippen LogP contribution in [0, 0.1) is 0 Å². The fourth-order valence-electron chi connectivity index (χ4n) is 3.54. The fraction of sp³-hybridized carbons (Fsp3) is 0.682. The summed E-state index contributed by atoms with van der Waals surface area (Å²) in [4.78, 5) is 12.2. The summed E-state index contributed by atoms with van der Waals surface area (Å²) in [5.41, 5.74) is 1.25. The molecule has 140 valence electrons. The average molecular weight is 347 g/mol. The van der Waals surface area contributed by atoms with Gasteiger partial charge < -0.3 is 9.47 Å². The highest BCUT2D eigenvalue weighted by Crippen LogP contribution is 2.36. The molecule has 0 amide bonds. The van der Waals surface area contributed by atoms with Crippen LogP contribution in [0.3, 0.4) is 0 Å². The van der Waals surface area contributed by atoms with E-state index in [4.69, 9.17) is 9.47 Å². The zero-order valence-corrected chi connectivity index (χ0v) is 16.0. The highest BCUT2D eigenvalue weighted by Gasteiger charge is 2.29. The van der Waals surface area contributed by atoms with E-state index in [0.29, 0.717) is 12.3 Å². The lowest BCUT2D eigenvalue weighted by Gasteiger charge is -2.31. The van der Waals surface area contributed by atoms with Crippen molar-refractivity contribution < 1.29 is 14.3 Å². The van der Waals surface area contributed by atoms with Crippen LogP contribution in [0.2, 0.25) is 0 Å². The molecule has 0 N–H and O–H groups in total. The summed E-state index contributed by atoms with van der Waals surface area (Å²) in [6.45, 7) is 5.08. The summed E-state index contributed by atoms with van der Waals surface area (Å²) >= 11 is 0. The molecule has 1 fully saturated rings. The third-order valence-corrected chi connectivity index (χ3v) is 5.02. The van der Waals surface area contributed by atoms with E-state index >= 15 is 0 Å². The average Bonchev–Trinajstić information content (AvgIpc) is 2.63. The number of esters is 1. The van der Waals surface area contributed by atoms with Crippen LogP contribution in [0.5, 0.6) is 5.75 Å². The molecular formula is C22H34O3. The molecule has 0 aromatic heterocycles. The Bertz CT molecular complexity index is 512. The summed E-state index contributed by atoms with van der Waals surface area (Å²) in [7, 11) is 0. The van der Waals surface area contributed by atoms with Crippen LogP contribution in [0.15, 0.2) is 24.3 Å². The lowest BCUT2D eigenvalue weighted by molar-refractivity contribution is -0.151. The Labute approximate surface area is 153 Å². The predicted molar refractivity (Wildman–Crippen MR) is 102 cm³/mol. The number of rotatable bonds is 10. The molecule has 0 heterocycles. The van der Waals surface area contributed by atoms with Gasteiger partial charge in [-0.05, 0) is 49.8 Å². The van der Waals surface area contributed by atoms with E-state index in [1.807, 2.05) is 6.07 Å². The van der Waals surface area contributed by atoms with E-state index in [-0.39, 0.29) is 12.1 Å². The second-order valence-corrected chi connectivity index (χ2v) is 7.15. The quantitative estimate of drug-likeness (QED) is 0.384. The molecule has 2 rings (SSSR count). The number of benzene rings is 1. The van der Waals surface area contributed by atoms with Gasteiger partial charge in [-0.1, -0.05) is 51.7 Å². The molecule has 1 aromatic rings. The van der Waals surface area contributed by atoms with Crippen LogP contribution in [-0.4, -0.2) is 18.7 Å². The van der Waals surface area contributed by atoms with Crippen LogP contribution < -0.4 is 4.74 Å². The van der Waals surface area contributed by atoms with Gasteiger partial charge in [0.15, 0.2) is 0 Å². The molecule has 1 aliphatic rings. The minimum absolute atomic E-state index is 0.0220. The standard InChI is InChI=1S/C22H34O3/c1-3-5-7-15-22(23)25-21-14-9-8-13-20(21)18-11-10-12-19(17-18)24-16-6-4-2/h10-12,17,20-21H,3-9,13-16H2,1-2H3/t20-,21+/m1/s1. The first-order valence-corrected chi connectivity index (χ1v) is 10.2. The SMILES string of the molecule is CCCCCC(=O)O[C@H]1CCCC[C@@H]1c1cccc(OCCCC)c1. The molecule has 0 radical (unpaired) electrons. The Morgan fingerprint density at radius 3 is 2.68 bits per heavy atom. The number of carbonyl (C=O) groups excluding carboxylic acids is 1. The van der Waals surface area contributed by atoms with Crippen molar-refractivity contribution in [3.05, 3.63) is 29.8 Å². The van der Waals surface area contributed by atoms with Gasteiger partial charge in [0.25, 0.3) is 0 Å². The summed E-state index contributed by atoms with van der Waals surface area (Å²) in [6.07, 6.45) is 10.4. The van der Waals surface area contributed by atoms with E-state index in [1.165, 1.54) is 12.0 Å². The zero-order valence-electron chi connectivity index (χ0n) is 16.0. The van der Waals surface area contributed by atoms with E-state index in [2.05, 4.69) is 32.0 Å². The number of unbranched alkanes of at least 4 members (excludes halogenated alkanes) is 3. The Balaban J connectivity index is 1.97. The van der Waals surface area contributed by atoms with Crippen LogP contribution >= 0.6 is 0 Å². The molecule has 0 spiro atoms.